The molecule has 0 aliphatic rings. The minimum Gasteiger partial charge on any atom is -0.493 e. The van der Waals surface area contributed by atoms with E-state index in [-0.39, 0.29) is 6.54 Å². The van der Waals surface area contributed by atoms with Gasteiger partial charge in [-0.05, 0) is 30.3 Å². The highest BCUT2D eigenvalue weighted by atomic mass is 32.2. The van der Waals surface area contributed by atoms with Crippen molar-refractivity contribution in [2.75, 3.05) is 38.5 Å². The monoisotopic (exact) mass is 423 g/mol. The Labute approximate surface area is 179 Å². The van der Waals surface area contributed by atoms with Crippen LogP contribution in [0.15, 0.2) is 58.6 Å². The number of nitrogens with zero attached hydrogens (tertiary/aromatic N) is 3. The molecular weight excluding hydrogens is 402 g/mol. The van der Waals surface area contributed by atoms with Gasteiger partial charge in [-0.25, -0.2) is 9.97 Å². The quantitative estimate of drug-likeness (QED) is 0.384. The zero-order valence-corrected chi connectivity index (χ0v) is 17.6. The van der Waals surface area contributed by atoms with Gasteiger partial charge in [0.05, 0.1) is 27.4 Å². The first-order valence-electron chi connectivity index (χ1n) is 8.95. The Kier molecular flexibility index (Phi) is 7.19. The number of benzene rings is 2. The summed E-state index contributed by atoms with van der Waals surface area (Å²) >= 11 is 1.51. The van der Waals surface area contributed by atoms with Crippen LogP contribution in [-0.2, 0) is 0 Å². The van der Waals surface area contributed by atoms with Crippen LogP contribution in [0.25, 0.3) is 0 Å². The number of rotatable bonds is 9. The van der Waals surface area contributed by atoms with Crippen molar-refractivity contribution < 1.29 is 14.2 Å². The van der Waals surface area contributed by atoms with Crippen LogP contribution >= 0.6 is 11.8 Å². The second-order valence-corrected chi connectivity index (χ2v) is 6.99. The zero-order chi connectivity index (χ0) is 21.3. The molecule has 0 radical (unpaired) electrons. The summed E-state index contributed by atoms with van der Waals surface area (Å²) in [6.45, 7) is 0.272. The summed E-state index contributed by atoms with van der Waals surface area (Å²) in [5, 5.41) is 15.6. The van der Waals surface area contributed by atoms with Crippen molar-refractivity contribution in [1.82, 2.24) is 9.97 Å². The van der Waals surface area contributed by atoms with Crippen molar-refractivity contribution in [3.8, 4) is 23.3 Å². The first kappa shape index (κ1) is 21.1. The van der Waals surface area contributed by atoms with Crippen molar-refractivity contribution in [3.63, 3.8) is 0 Å². The van der Waals surface area contributed by atoms with Crippen molar-refractivity contribution in [3.05, 3.63) is 48.7 Å². The molecule has 154 valence electrons. The summed E-state index contributed by atoms with van der Waals surface area (Å²) in [6.07, 6.45) is 1.69. The highest BCUT2D eigenvalue weighted by Crippen LogP contribution is 2.40. The Morgan fingerprint density at radius 2 is 1.67 bits per heavy atom. The lowest BCUT2D eigenvalue weighted by Gasteiger charge is -2.14. The van der Waals surface area contributed by atoms with Crippen LogP contribution in [0.4, 0.5) is 17.3 Å². The van der Waals surface area contributed by atoms with Gasteiger partial charge in [-0.2, -0.15) is 5.26 Å². The van der Waals surface area contributed by atoms with Gasteiger partial charge < -0.3 is 24.8 Å². The number of hydrogen-bond acceptors (Lipinski definition) is 9. The number of nitriles is 1. The fraction of sp³-hybridized carbons (Fsp3) is 0.190. The molecule has 0 bridgehead atoms. The molecule has 0 spiro atoms. The molecule has 2 aromatic carbocycles. The molecule has 0 saturated carbocycles. The molecule has 3 rings (SSSR count). The molecule has 0 fully saturated rings. The van der Waals surface area contributed by atoms with Crippen LogP contribution in [-0.4, -0.2) is 37.8 Å². The van der Waals surface area contributed by atoms with E-state index in [9.17, 15) is 0 Å². The average Bonchev–Trinajstić information content (AvgIpc) is 2.78. The predicted octanol–water partition coefficient (Wildman–Crippen LogP) is 4.33. The van der Waals surface area contributed by atoms with Crippen LogP contribution in [0.1, 0.15) is 0 Å². The molecule has 0 unspecified atom stereocenters. The van der Waals surface area contributed by atoms with Gasteiger partial charge in [-0.15, -0.1) is 0 Å². The number of nitrogens with one attached hydrogen (secondary N) is 2. The van der Waals surface area contributed by atoms with Crippen LogP contribution < -0.4 is 24.8 Å². The van der Waals surface area contributed by atoms with E-state index in [2.05, 4.69) is 26.7 Å². The normalized spacial score (nSPS) is 10.1. The number of hydrogen-bond donors (Lipinski definition) is 2. The van der Waals surface area contributed by atoms with Gasteiger partial charge in [-0.3, -0.25) is 0 Å². The summed E-state index contributed by atoms with van der Waals surface area (Å²) in [6, 6.07) is 15.3. The summed E-state index contributed by atoms with van der Waals surface area (Å²) < 4.78 is 16.1. The molecule has 1 heterocycles. The Morgan fingerprint density at radius 1 is 0.967 bits per heavy atom. The molecule has 0 saturated heterocycles. The van der Waals surface area contributed by atoms with E-state index in [4.69, 9.17) is 19.5 Å². The minimum atomic E-state index is 0.272. The maximum atomic E-state index is 8.64. The molecule has 2 N–H and O–H groups in total. The molecular formula is C21H21N5O3S. The van der Waals surface area contributed by atoms with E-state index in [1.807, 2.05) is 30.3 Å². The van der Waals surface area contributed by atoms with Gasteiger partial charge in [0, 0.05) is 34.6 Å². The van der Waals surface area contributed by atoms with E-state index < -0.39 is 0 Å². The van der Waals surface area contributed by atoms with Crippen molar-refractivity contribution in [2.45, 2.75) is 9.92 Å². The lowest BCUT2D eigenvalue weighted by atomic mass is 10.2. The maximum absolute atomic E-state index is 8.64. The third-order valence-electron chi connectivity index (χ3n) is 4.00. The Hall–Kier alpha value is -3.64. The highest BCUT2D eigenvalue weighted by molar-refractivity contribution is 7.99. The number of ether oxygens (including phenoxy) is 3. The van der Waals surface area contributed by atoms with Gasteiger partial charge in [0.1, 0.15) is 11.6 Å². The molecule has 0 aliphatic heterocycles. The summed E-state index contributed by atoms with van der Waals surface area (Å²) in [7, 11) is 4.69. The second-order valence-electron chi connectivity index (χ2n) is 5.90. The standard InChI is InChI=1S/C21H21N5O3S/c1-27-17-12-15(13-18(28-2)20(17)29-3)25-21-24-10-8-19(26-21)30-16-6-4-14(5-7-16)23-11-9-22/h4-8,10,12-13,23H,11H2,1-3H3,(H,24,25,26). The van der Waals surface area contributed by atoms with Crippen molar-refractivity contribution in [2.24, 2.45) is 0 Å². The van der Waals surface area contributed by atoms with Crippen LogP contribution in [0.2, 0.25) is 0 Å². The zero-order valence-electron chi connectivity index (χ0n) is 16.8. The van der Waals surface area contributed by atoms with Gasteiger partial charge in [0.25, 0.3) is 0 Å². The molecule has 1 aromatic heterocycles. The van der Waals surface area contributed by atoms with E-state index in [1.165, 1.54) is 11.8 Å². The number of aromatic nitrogens is 2. The van der Waals surface area contributed by atoms with Gasteiger partial charge >= 0.3 is 0 Å². The smallest absolute Gasteiger partial charge is 0.228 e. The van der Waals surface area contributed by atoms with Crippen LogP contribution in [0, 0.1) is 11.3 Å². The maximum Gasteiger partial charge on any atom is 0.228 e. The Bertz CT molecular complexity index is 1010. The van der Waals surface area contributed by atoms with Gasteiger partial charge in [0.2, 0.25) is 11.7 Å². The van der Waals surface area contributed by atoms with Crippen molar-refractivity contribution >= 4 is 29.1 Å². The third kappa shape index (κ3) is 5.24. The lowest BCUT2D eigenvalue weighted by molar-refractivity contribution is 0.324. The predicted molar refractivity (Wildman–Crippen MR) is 116 cm³/mol. The Balaban J connectivity index is 1.75. The topological polar surface area (TPSA) is 101 Å². The minimum absolute atomic E-state index is 0.272. The molecule has 0 aliphatic carbocycles. The average molecular weight is 423 g/mol. The second kappa shape index (κ2) is 10.2. The van der Waals surface area contributed by atoms with E-state index in [1.54, 1.807) is 39.7 Å². The third-order valence-corrected chi connectivity index (χ3v) is 4.94. The summed E-state index contributed by atoms with van der Waals surface area (Å²) in [5.41, 5.74) is 1.60. The van der Waals surface area contributed by atoms with Crippen molar-refractivity contribution in [1.29, 1.82) is 5.26 Å². The summed E-state index contributed by atoms with van der Waals surface area (Å²) in [5.74, 6) is 2.04. The number of anilines is 3. The molecule has 0 atom stereocenters. The molecule has 9 heteroatoms. The summed E-state index contributed by atoms with van der Waals surface area (Å²) in [4.78, 5) is 9.87. The molecule has 0 amide bonds. The van der Waals surface area contributed by atoms with Gasteiger partial charge in [0.15, 0.2) is 11.5 Å². The lowest BCUT2D eigenvalue weighted by Crippen LogP contribution is -2.00. The van der Waals surface area contributed by atoms with Gasteiger partial charge in [-0.1, -0.05) is 11.8 Å². The molecule has 8 nitrogen and oxygen atoms in total. The largest absolute Gasteiger partial charge is 0.493 e. The van der Waals surface area contributed by atoms with Crippen LogP contribution in [0.5, 0.6) is 17.2 Å². The number of methoxy groups -OCH3 is 3. The molecule has 30 heavy (non-hydrogen) atoms. The first-order chi connectivity index (χ1) is 14.7. The fourth-order valence-corrected chi connectivity index (χ4v) is 3.42. The van der Waals surface area contributed by atoms with Crippen LogP contribution in [0.3, 0.4) is 0 Å². The SMILES string of the molecule is COc1cc(Nc2nccc(Sc3ccc(NCC#N)cc3)n2)cc(OC)c1OC. The van der Waals surface area contributed by atoms with E-state index >= 15 is 0 Å². The van der Waals surface area contributed by atoms with E-state index in [0.717, 1.165) is 15.6 Å². The van der Waals surface area contributed by atoms with E-state index in [0.29, 0.717) is 28.9 Å². The fourth-order valence-electron chi connectivity index (χ4n) is 2.64. The first-order valence-corrected chi connectivity index (χ1v) is 9.77. The Morgan fingerprint density at radius 3 is 2.27 bits per heavy atom. The highest BCUT2D eigenvalue weighted by Gasteiger charge is 2.14. The molecule has 3 aromatic rings.